The standard InChI is InChI=1S/C18H23N3/c1-18(2,3)15-5-7-17(20-11-15)21-9-8-13-4-6-16(19)10-14(13)12-21/h4-7,10-11H,8-9,12,19H2,1-3H3. The monoisotopic (exact) mass is 281 g/mol. The number of nitrogen functional groups attached to an aromatic ring is 1. The van der Waals surface area contributed by atoms with Crippen LogP contribution in [-0.2, 0) is 18.4 Å². The van der Waals surface area contributed by atoms with E-state index in [1.165, 1.54) is 16.7 Å². The van der Waals surface area contributed by atoms with Gasteiger partial charge in [-0.3, -0.25) is 0 Å². The first kappa shape index (κ1) is 13.9. The van der Waals surface area contributed by atoms with E-state index in [2.05, 4.69) is 54.9 Å². The van der Waals surface area contributed by atoms with Crippen molar-refractivity contribution in [1.82, 2.24) is 4.98 Å². The number of anilines is 2. The van der Waals surface area contributed by atoms with Crippen LogP contribution in [-0.4, -0.2) is 11.5 Å². The number of nitrogens with two attached hydrogens (primary N) is 1. The van der Waals surface area contributed by atoms with E-state index in [9.17, 15) is 0 Å². The number of hydrogen-bond donors (Lipinski definition) is 1. The summed E-state index contributed by atoms with van der Waals surface area (Å²) in [6.45, 7) is 8.54. The Morgan fingerprint density at radius 3 is 2.57 bits per heavy atom. The number of benzene rings is 1. The topological polar surface area (TPSA) is 42.1 Å². The summed E-state index contributed by atoms with van der Waals surface area (Å²) in [4.78, 5) is 6.99. The number of rotatable bonds is 1. The lowest BCUT2D eigenvalue weighted by atomic mass is 9.88. The van der Waals surface area contributed by atoms with E-state index in [1.807, 2.05) is 12.3 Å². The van der Waals surface area contributed by atoms with Gasteiger partial charge in [-0.2, -0.15) is 0 Å². The smallest absolute Gasteiger partial charge is 0.128 e. The molecule has 0 unspecified atom stereocenters. The zero-order chi connectivity index (χ0) is 15.0. The van der Waals surface area contributed by atoms with Gasteiger partial charge >= 0.3 is 0 Å². The van der Waals surface area contributed by atoms with E-state index in [0.29, 0.717) is 0 Å². The Balaban J connectivity index is 1.83. The molecule has 0 amide bonds. The summed E-state index contributed by atoms with van der Waals surface area (Å²) in [7, 11) is 0. The summed E-state index contributed by atoms with van der Waals surface area (Å²) >= 11 is 0. The average Bonchev–Trinajstić information content (AvgIpc) is 2.45. The maximum Gasteiger partial charge on any atom is 0.128 e. The largest absolute Gasteiger partial charge is 0.399 e. The summed E-state index contributed by atoms with van der Waals surface area (Å²) in [6, 6.07) is 10.6. The molecule has 0 fully saturated rings. The van der Waals surface area contributed by atoms with Gasteiger partial charge in [-0.15, -0.1) is 0 Å². The zero-order valence-electron chi connectivity index (χ0n) is 13.1. The molecular weight excluding hydrogens is 258 g/mol. The van der Waals surface area contributed by atoms with Crippen LogP contribution in [0.2, 0.25) is 0 Å². The molecule has 0 aliphatic carbocycles. The van der Waals surface area contributed by atoms with Crippen LogP contribution in [0.25, 0.3) is 0 Å². The molecule has 2 aromatic rings. The second-order valence-electron chi connectivity index (χ2n) is 6.85. The van der Waals surface area contributed by atoms with Gasteiger partial charge in [0.25, 0.3) is 0 Å². The van der Waals surface area contributed by atoms with Crippen molar-refractivity contribution < 1.29 is 0 Å². The maximum atomic E-state index is 5.90. The van der Waals surface area contributed by atoms with E-state index < -0.39 is 0 Å². The number of pyridine rings is 1. The van der Waals surface area contributed by atoms with Crippen molar-refractivity contribution >= 4 is 11.5 Å². The van der Waals surface area contributed by atoms with Crippen molar-refractivity contribution in [2.45, 2.75) is 39.2 Å². The Bertz CT molecular complexity index is 639. The second-order valence-corrected chi connectivity index (χ2v) is 6.85. The molecule has 3 heteroatoms. The highest BCUT2D eigenvalue weighted by atomic mass is 15.2. The molecule has 2 heterocycles. The van der Waals surface area contributed by atoms with Crippen LogP contribution >= 0.6 is 0 Å². The molecule has 0 saturated carbocycles. The van der Waals surface area contributed by atoms with E-state index in [4.69, 9.17) is 5.73 Å². The molecule has 0 saturated heterocycles. The minimum Gasteiger partial charge on any atom is -0.399 e. The lowest BCUT2D eigenvalue weighted by Crippen LogP contribution is -2.31. The highest BCUT2D eigenvalue weighted by molar-refractivity contribution is 5.50. The molecule has 0 bridgehead atoms. The molecule has 1 aromatic heterocycles. The third-order valence-electron chi connectivity index (χ3n) is 4.18. The molecule has 1 aliphatic heterocycles. The SMILES string of the molecule is CC(C)(C)c1ccc(N2CCc3ccc(N)cc3C2)nc1. The molecule has 0 radical (unpaired) electrons. The number of fused-ring (bicyclic) bond motifs is 1. The van der Waals surface area contributed by atoms with Gasteiger partial charge in [0, 0.05) is 25.0 Å². The predicted molar refractivity (Wildman–Crippen MR) is 88.5 cm³/mol. The maximum absolute atomic E-state index is 5.90. The fraction of sp³-hybridized carbons (Fsp3) is 0.389. The van der Waals surface area contributed by atoms with Gasteiger partial charge in [-0.1, -0.05) is 32.9 Å². The number of aromatic nitrogens is 1. The number of nitrogens with zero attached hydrogens (tertiary/aromatic N) is 2. The second kappa shape index (κ2) is 5.06. The van der Waals surface area contributed by atoms with Crippen LogP contribution in [0.5, 0.6) is 0 Å². The van der Waals surface area contributed by atoms with Gasteiger partial charge in [0.2, 0.25) is 0 Å². The fourth-order valence-corrected chi connectivity index (χ4v) is 2.79. The first-order valence-corrected chi connectivity index (χ1v) is 7.52. The molecular formula is C18H23N3. The van der Waals surface area contributed by atoms with Crippen LogP contribution in [0.1, 0.15) is 37.5 Å². The van der Waals surface area contributed by atoms with Gasteiger partial charge in [0.05, 0.1) is 0 Å². The molecule has 110 valence electrons. The lowest BCUT2D eigenvalue weighted by Gasteiger charge is -2.30. The van der Waals surface area contributed by atoms with Crippen LogP contribution in [0.3, 0.4) is 0 Å². The van der Waals surface area contributed by atoms with Crippen molar-refractivity contribution in [2.75, 3.05) is 17.2 Å². The third kappa shape index (κ3) is 2.87. The highest BCUT2D eigenvalue weighted by Gasteiger charge is 2.19. The Labute approximate surface area is 126 Å². The van der Waals surface area contributed by atoms with Crippen molar-refractivity contribution in [3.05, 3.63) is 53.2 Å². The molecule has 0 atom stereocenters. The van der Waals surface area contributed by atoms with Crippen LogP contribution in [0.4, 0.5) is 11.5 Å². The van der Waals surface area contributed by atoms with Gasteiger partial charge in [0.15, 0.2) is 0 Å². The van der Waals surface area contributed by atoms with Gasteiger partial charge in [-0.25, -0.2) is 4.98 Å². The first-order chi connectivity index (χ1) is 9.93. The molecule has 1 aromatic carbocycles. The van der Waals surface area contributed by atoms with E-state index >= 15 is 0 Å². The van der Waals surface area contributed by atoms with Crippen molar-refractivity contribution in [2.24, 2.45) is 0 Å². The molecule has 3 rings (SSSR count). The molecule has 2 N–H and O–H groups in total. The normalized spacial score (nSPS) is 14.9. The van der Waals surface area contributed by atoms with Gasteiger partial charge < -0.3 is 10.6 Å². The van der Waals surface area contributed by atoms with Crippen LogP contribution in [0.15, 0.2) is 36.5 Å². The van der Waals surface area contributed by atoms with Crippen molar-refractivity contribution in [3.63, 3.8) is 0 Å². The van der Waals surface area contributed by atoms with E-state index in [1.54, 1.807) is 0 Å². The Morgan fingerprint density at radius 2 is 1.90 bits per heavy atom. The molecule has 3 nitrogen and oxygen atoms in total. The van der Waals surface area contributed by atoms with Crippen LogP contribution in [0, 0.1) is 0 Å². The minimum absolute atomic E-state index is 0.147. The summed E-state index contributed by atoms with van der Waals surface area (Å²) in [5.74, 6) is 1.05. The average molecular weight is 281 g/mol. The lowest BCUT2D eigenvalue weighted by molar-refractivity contribution is 0.586. The quantitative estimate of drug-likeness (QED) is 0.813. The highest BCUT2D eigenvalue weighted by Crippen LogP contribution is 2.27. The Morgan fingerprint density at radius 1 is 1.10 bits per heavy atom. The first-order valence-electron chi connectivity index (χ1n) is 7.52. The molecule has 1 aliphatic rings. The van der Waals surface area contributed by atoms with Crippen molar-refractivity contribution in [3.8, 4) is 0 Å². The van der Waals surface area contributed by atoms with E-state index in [0.717, 1.165) is 31.0 Å². The van der Waals surface area contributed by atoms with Crippen molar-refractivity contribution in [1.29, 1.82) is 0 Å². The Kier molecular flexibility index (Phi) is 3.36. The Hall–Kier alpha value is -2.03. The van der Waals surface area contributed by atoms with Crippen LogP contribution < -0.4 is 10.6 Å². The van der Waals surface area contributed by atoms with E-state index in [-0.39, 0.29) is 5.41 Å². The summed E-state index contributed by atoms with van der Waals surface area (Å²) in [5.41, 5.74) is 10.9. The van der Waals surface area contributed by atoms with Gasteiger partial charge in [0.1, 0.15) is 5.82 Å². The summed E-state index contributed by atoms with van der Waals surface area (Å²) in [5, 5.41) is 0. The fourth-order valence-electron chi connectivity index (χ4n) is 2.79. The predicted octanol–water partition coefficient (Wildman–Crippen LogP) is 3.52. The molecule has 0 spiro atoms. The summed E-state index contributed by atoms with van der Waals surface area (Å²) < 4.78 is 0. The third-order valence-corrected chi connectivity index (χ3v) is 4.18. The minimum atomic E-state index is 0.147. The van der Waals surface area contributed by atoms with Gasteiger partial charge in [-0.05, 0) is 46.7 Å². The summed E-state index contributed by atoms with van der Waals surface area (Å²) in [6.07, 6.45) is 3.06. The number of hydrogen-bond acceptors (Lipinski definition) is 3. The molecule has 21 heavy (non-hydrogen) atoms. The zero-order valence-corrected chi connectivity index (χ0v) is 13.1.